The van der Waals surface area contributed by atoms with Gasteiger partial charge in [-0.2, -0.15) is 0 Å². The van der Waals surface area contributed by atoms with E-state index in [0.717, 1.165) is 18.8 Å². The second kappa shape index (κ2) is 6.63. The molecule has 2 unspecified atom stereocenters. The van der Waals surface area contributed by atoms with Crippen molar-refractivity contribution in [2.24, 2.45) is 5.41 Å². The molecule has 0 spiro atoms. The quantitative estimate of drug-likeness (QED) is 0.809. The Labute approximate surface area is 121 Å². The number of ether oxygens (including phenoxy) is 1. The van der Waals surface area contributed by atoms with Gasteiger partial charge in [0, 0.05) is 13.7 Å². The van der Waals surface area contributed by atoms with Gasteiger partial charge in [-0.15, -0.1) is 5.10 Å². The topological polar surface area (TPSA) is 64.9 Å². The van der Waals surface area contributed by atoms with Crippen LogP contribution in [0.2, 0.25) is 0 Å². The second-order valence-electron chi connectivity index (χ2n) is 6.56. The first-order valence-electron chi connectivity index (χ1n) is 7.53. The van der Waals surface area contributed by atoms with Gasteiger partial charge in [0.25, 0.3) is 0 Å². The van der Waals surface area contributed by atoms with Gasteiger partial charge in [-0.1, -0.05) is 20.3 Å². The molecule has 0 aromatic carbocycles. The van der Waals surface area contributed by atoms with Crippen molar-refractivity contribution < 1.29 is 4.74 Å². The number of hydrogen-bond donors (Lipinski definition) is 1. The van der Waals surface area contributed by atoms with Crippen LogP contribution >= 0.6 is 0 Å². The summed E-state index contributed by atoms with van der Waals surface area (Å²) >= 11 is 0. The zero-order chi connectivity index (χ0) is 14.6. The highest BCUT2D eigenvalue weighted by molar-refractivity contribution is 4.94. The van der Waals surface area contributed by atoms with E-state index < -0.39 is 0 Å². The third-order valence-electron chi connectivity index (χ3n) is 4.19. The van der Waals surface area contributed by atoms with E-state index in [2.05, 4.69) is 41.6 Å². The molecule has 114 valence electrons. The van der Waals surface area contributed by atoms with Crippen molar-refractivity contribution in [3.05, 3.63) is 5.82 Å². The Morgan fingerprint density at radius 3 is 3.00 bits per heavy atom. The van der Waals surface area contributed by atoms with E-state index in [9.17, 15) is 0 Å². The van der Waals surface area contributed by atoms with Crippen LogP contribution in [0.15, 0.2) is 0 Å². The van der Waals surface area contributed by atoms with Gasteiger partial charge in [-0.05, 0) is 42.0 Å². The maximum absolute atomic E-state index is 5.06. The van der Waals surface area contributed by atoms with Gasteiger partial charge in [0.1, 0.15) is 0 Å². The normalized spacial score (nSPS) is 23.7. The summed E-state index contributed by atoms with van der Waals surface area (Å²) in [6.45, 7) is 8.28. The van der Waals surface area contributed by atoms with E-state index >= 15 is 0 Å². The highest BCUT2D eigenvalue weighted by Crippen LogP contribution is 2.41. The van der Waals surface area contributed by atoms with Crippen molar-refractivity contribution in [2.45, 2.75) is 58.5 Å². The maximum atomic E-state index is 5.06. The van der Waals surface area contributed by atoms with Gasteiger partial charge in [-0.25, -0.2) is 4.68 Å². The molecule has 1 fully saturated rings. The van der Waals surface area contributed by atoms with Gasteiger partial charge < -0.3 is 10.1 Å². The van der Waals surface area contributed by atoms with Crippen LogP contribution in [-0.4, -0.2) is 40.5 Å². The van der Waals surface area contributed by atoms with Crippen LogP contribution in [0.3, 0.4) is 0 Å². The smallest absolute Gasteiger partial charge is 0.168 e. The average Bonchev–Trinajstić information content (AvgIpc) is 2.87. The van der Waals surface area contributed by atoms with Gasteiger partial charge in [0.05, 0.1) is 18.7 Å². The molecule has 0 bridgehead atoms. The second-order valence-corrected chi connectivity index (χ2v) is 6.56. The highest BCUT2D eigenvalue weighted by Gasteiger charge is 2.31. The van der Waals surface area contributed by atoms with Crippen molar-refractivity contribution >= 4 is 0 Å². The molecule has 20 heavy (non-hydrogen) atoms. The van der Waals surface area contributed by atoms with Gasteiger partial charge in [-0.3, -0.25) is 0 Å². The molecule has 1 heterocycles. The number of rotatable bonds is 6. The minimum Gasteiger partial charge on any atom is -0.383 e. The zero-order valence-electron chi connectivity index (χ0n) is 13.1. The number of nitrogens with one attached hydrogen (secondary N) is 1. The predicted octanol–water partition coefficient (Wildman–Crippen LogP) is 2.11. The molecule has 6 heteroatoms. The standard InChI is InChI=1S/C14H27N5O/c1-11(15-8-9-20-4)13-16-17-18-19(13)12-6-5-7-14(2,3)10-12/h11-12,15H,5-10H2,1-4H3. The van der Waals surface area contributed by atoms with Gasteiger partial charge in [0.2, 0.25) is 0 Å². The highest BCUT2D eigenvalue weighted by atomic mass is 16.5. The lowest BCUT2D eigenvalue weighted by Crippen LogP contribution is -2.30. The number of aromatic nitrogens is 4. The average molecular weight is 281 g/mol. The van der Waals surface area contributed by atoms with Crippen LogP contribution in [-0.2, 0) is 4.74 Å². The molecular weight excluding hydrogens is 254 g/mol. The molecule has 0 radical (unpaired) electrons. The van der Waals surface area contributed by atoms with Crippen LogP contribution in [0.4, 0.5) is 0 Å². The van der Waals surface area contributed by atoms with E-state index in [-0.39, 0.29) is 6.04 Å². The number of hydrogen-bond acceptors (Lipinski definition) is 5. The van der Waals surface area contributed by atoms with Crippen molar-refractivity contribution in [1.29, 1.82) is 0 Å². The molecule has 1 aliphatic rings. The summed E-state index contributed by atoms with van der Waals surface area (Å²) < 4.78 is 7.10. The van der Waals surface area contributed by atoms with E-state index in [0.29, 0.717) is 18.1 Å². The molecule has 6 nitrogen and oxygen atoms in total. The maximum Gasteiger partial charge on any atom is 0.168 e. The predicted molar refractivity (Wildman–Crippen MR) is 77.4 cm³/mol. The van der Waals surface area contributed by atoms with Crippen LogP contribution in [0, 0.1) is 5.41 Å². The Hall–Kier alpha value is -1.01. The lowest BCUT2D eigenvalue weighted by atomic mass is 9.75. The zero-order valence-corrected chi connectivity index (χ0v) is 13.1. The summed E-state index contributed by atoms with van der Waals surface area (Å²) in [4.78, 5) is 0. The molecule has 1 aliphatic carbocycles. The summed E-state index contributed by atoms with van der Waals surface area (Å²) in [5.74, 6) is 0.934. The fourth-order valence-corrected chi connectivity index (χ4v) is 3.08. The van der Waals surface area contributed by atoms with Gasteiger partial charge >= 0.3 is 0 Å². The number of methoxy groups -OCH3 is 1. The first-order valence-corrected chi connectivity index (χ1v) is 7.53. The summed E-state index contributed by atoms with van der Waals surface area (Å²) in [6.07, 6.45) is 4.87. The first kappa shape index (κ1) is 15.4. The lowest BCUT2D eigenvalue weighted by molar-refractivity contribution is 0.167. The summed E-state index contributed by atoms with van der Waals surface area (Å²) in [6, 6.07) is 0.570. The Morgan fingerprint density at radius 2 is 2.30 bits per heavy atom. The SMILES string of the molecule is COCCNC(C)c1nnnn1C1CCCC(C)(C)C1. The van der Waals surface area contributed by atoms with Crippen molar-refractivity contribution in [3.8, 4) is 0 Å². The third-order valence-corrected chi connectivity index (χ3v) is 4.19. The summed E-state index contributed by atoms with van der Waals surface area (Å²) in [7, 11) is 1.71. The van der Waals surface area contributed by atoms with E-state index in [1.165, 1.54) is 19.3 Å². The number of nitrogens with zero attached hydrogens (tertiary/aromatic N) is 4. The molecule has 1 aromatic rings. The minimum atomic E-state index is 0.144. The Kier molecular flexibility index (Phi) is 5.10. The van der Waals surface area contributed by atoms with Crippen LogP contribution < -0.4 is 5.32 Å². The van der Waals surface area contributed by atoms with Crippen molar-refractivity contribution in [3.63, 3.8) is 0 Å². The Balaban J connectivity index is 2.04. The molecule has 2 rings (SSSR count). The fraction of sp³-hybridized carbons (Fsp3) is 0.929. The van der Waals surface area contributed by atoms with Crippen molar-refractivity contribution in [1.82, 2.24) is 25.5 Å². The molecular formula is C14H27N5O. The van der Waals surface area contributed by atoms with E-state index in [1.54, 1.807) is 7.11 Å². The molecule has 1 N–H and O–H groups in total. The van der Waals surface area contributed by atoms with E-state index in [1.807, 2.05) is 4.68 Å². The van der Waals surface area contributed by atoms with Crippen LogP contribution in [0.1, 0.15) is 64.4 Å². The van der Waals surface area contributed by atoms with Crippen molar-refractivity contribution in [2.75, 3.05) is 20.3 Å². The summed E-state index contributed by atoms with van der Waals surface area (Å²) in [5, 5.41) is 15.7. The minimum absolute atomic E-state index is 0.144. The van der Waals surface area contributed by atoms with Crippen LogP contribution in [0.5, 0.6) is 0 Å². The Bertz CT molecular complexity index is 417. The monoisotopic (exact) mass is 281 g/mol. The van der Waals surface area contributed by atoms with Crippen LogP contribution in [0.25, 0.3) is 0 Å². The summed E-state index contributed by atoms with van der Waals surface area (Å²) in [5.41, 5.74) is 0.388. The first-order chi connectivity index (χ1) is 9.53. The largest absolute Gasteiger partial charge is 0.383 e. The molecule has 0 aliphatic heterocycles. The third kappa shape index (κ3) is 3.76. The van der Waals surface area contributed by atoms with Gasteiger partial charge in [0.15, 0.2) is 5.82 Å². The lowest BCUT2D eigenvalue weighted by Gasteiger charge is -2.35. The molecule has 1 saturated carbocycles. The molecule has 0 saturated heterocycles. The molecule has 2 atom stereocenters. The Morgan fingerprint density at radius 1 is 1.50 bits per heavy atom. The van der Waals surface area contributed by atoms with E-state index in [4.69, 9.17) is 4.74 Å². The fourth-order valence-electron chi connectivity index (χ4n) is 3.08. The molecule has 1 aromatic heterocycles. The number of tetrazole rings is 1. The molecule has 0 amide bonds.